The van der Waals surface area contributed by atoms with Gasteiger partial charge in [-0.05, 0) is 25.1 Å². The van der Waals surface area contributed by atoms with E-state index in [0.717, 1.165) is 5.56 Å². The van der Waals surface area contributed by atoms with Gasteiger partial charge in [-0.15, -0.1) is 6.42 Å². The van der Waals surface area contributed by atoms with Crippen molar-refractivity contribution in [2.24, 2.45) is 11.1 Å². The minimum Gasteiger partial charge on any atom is -0.379 e. The van der Waals surface area contributed by atoms with Crippen LogP contribution in [0.1, 0.15) is 12.5 Å². The van der Waals surface area contributed by atoms with Gasteiger partial charge in [0, 0.05) is 17.3 Å². The second kappa shape index (κ2) is 4.81. The average Bonchev–Trinajstić information content (AvgIpc) is 2.71. The Morgan fingerprint density at radius 3 is 3.06 bits per heavy atom. The van der Waals surface area contributed by atoms with Crippen molar-refractivity contribution in [2.75, 3.05) is 18.5 Å². The van der Waals surface area contributed by atoms with E-state index in [2.05, 4.69) is 11.2 Å². The van der Waals surface area contributed by atoms with Crippen molar-refractivity contribution in [3.05, 3.63) is 29.8 Å². The lowest BCUT2D eigenvalue weighted by molar-refractivity contribution is -0.125. The van der Waals surface area contributed by atoms with Crippen molar-refractivity contribution in [3.63, 3.8) is 0 Å². The maximum absolute atomic E-state index is 12.2. The number of amides is 1. The molecule has 1 aliphatic rings. The number of carbonyl (C=O) groups excluding carboxylic acids is 1. The number of hydrogen-bond acceptors (Lipinski definition) is 3. The van der Waals surface area contributed by atoms with E-state index in [1.165, 1.54) is 0 Å². The van der Waals surface area contributed by atoms with Gasteiger partial charge in [0.1, 0.15) is 0 Å². The van der Waals surface area contributed by atoms with Gasteiger partial charge in [-0.1, -0.05) is 12.0 Å². The molecule has 94 valence electrons. The van der Waals surface area contributed by atoms with Gasteiger partial charge in [0.05, 0.1) is 18.6 Å². The number of ether oxygens (including phenoxy) is 1. The topological polar surface area (TPSA) is 64.3 Å². The molecule has 0 radical (unpaired) electrons. The summed E-state index contributed by atoms with van der Waals surface area (Å²) in [7, 11) is 0. The number of carbonyl (C=O) groups is 1. The molecule has 1 saturated heterocycles. The van der Waals surface area contributed by atoms with Gasteiger partial charge < -0.3 is 15.8 Å². The molecule has 0 bridgehead atoms. The van der Waals surface area contributed by atoms with Gasteiger partial charge in [0.2, 0.25) is 5.91 Å². The van der Waals surface area contributed by atoms with Crippen LogP contribution in [0.2, 0.25) is 0 Å². The molecule has 4 heteroatoms. The molecule has 1 fully saturated rings. The summed E-state index contributed by atoms with van der Waals surface area (Å²) in [5, 5.41) is 2.84. The minimum absolute atomic E-state index is 0.137. The normalized spacial score (nSPS) is 26.6. The lowest BCUT2D eigenvalue weighted by Gasteiger charge is -2.25. The number of rotatable bonds is 2. The van der Waals surface area contributed by atoms with Crippen molar-refractivity contribution in [1.82, 2.24) is 0 Å². The summed E-state index contributed by atoms with van der Waals surface area (Å²) >= 11 is 0. The van der Waals surface area contributed by atoms with Crippen molar-refractivity contribution in [2.45, 2.75) is 13.0 Å². The molecule has 0 saturated carbocycles. The van der Waals surface area contributed by atoms with Crippen LogP contribution in [-0.2, 0) is 9.53 Å². The van der Waals surface area contributed by atoms with Crippen LogP contribution in [0.4, 0.5) is 5.69 Å². The first-order valence-corrected chi connectivity index (χ1v) is 5.78. The van der Waals surface area contributed by atoms with Crippen molar-refractivity contribution in [3.8, 4) is 12.3 Å². The molecule has 4 nitrogen and oxygen atoms in total. The Kier molecular flexibility index (Phi) is 3.37. The number of nitrogens with two attached hydrogens (primary N) is 1. The van der Waals surface area contributed by atoms with E-state index in [1.807, 2.05) is 13.0 Å². The highest BCUT2D eigenvalue weighted by Gasteiger charge is 2.44. The Morgan fingerprint density at radius 1 is 1.67 bits per heavy atom. The molecular formula is C14H16N2O2. The molecule has 3 N–H and O–H groups in total. The molecule has 2 atom stereocenters. The number of benzene rings is 1. The molecule has 1 aromatic carbocycles. The van der Waals surface area contributed by atoms with E-state index in [1.54, 1.807) is 18.2 Å². The lowest BCUT2D eigenvalue weighted by atomic mass is 9.85. The second-order valence-corrected chi connectivity index (χ2v) is 4.72. The van der Waals surface area contributed by atoms with Gasteiger partial charge in [0.25, 0.3) is 0 Å². The van der Waals surface area contributed by atoms with Crippen LogP contribution in [0.3, 0.4) is 0 Å². The average molecular weight is 244 g/mol. The molecule has 18 heavy (non-hydrogen) atoms. The SMILES string of the molecule is C#Cc1cccc(NC(=O)C2(C)COCC2N)c1. The summed E-state index contributed by atoms with van der Waals surface area (Å²) in [6, 6.07) is 6.87. The lowest BCUT2D eigenvalue weighted by Crippen LogP contribution is -2.47. The van der Waals surface area contributed by atoms with Crippen molar-refractivity contribution < 1.29 is 9.53 Å². The summed E-state index contributed by atoms with van der Waals surface area (Å²) in [5.74, 6) is 2.39. The zero-order valence-electron chi connectivity index (χ0n) is 10.3. The van der Waals surface area contributed by atoms with Crippen LogP contribution in [0.25, 0.3) is 0 Å². The monoisotopic (exact) mass is 244 g/mol. The maximum atomic E-state index is 12.2. The number of hydrogen-bond donors (Lipinski definition) is 2. The smallest absolute Gasteiger partial charge is 0.234 e. The molecule has 0 aliphatic carbocycles. The molecule has 2 unspecified atom stereocenters. The minimum atomic E-state index is -0.688. The number of anilines is 1. The van der Waals surface area contributed by atoms with E-state index in [-0.39, 0.29) is 11.9 Å². The summed E-state index contributed by atoms with van der Waals surface area (Å²) in [4.78, 5) is 12.2. The first-order valence-electron chi connectivity index (χ1n) is 5.78. The first-order chi connectivity index (χ1) is 8.56. The third-order valence-corrected chi connectivity index (χ3v) is 3.32. The molecule has 0 aromatic heterocycles. The third kappa shape index (κ3) is 2.23. The van der Waals surface area contributed by atoms with Gasteiger partial charge >= 0.3 is 0 Å². The van der Waals surface area contributed by atoms with Crippen LogP contribution in [-0.4, -0.2) is 25.2 Å². The highest BCUT2D eigenvalue weighted by atomic mass is 16.5. The Bertz CT molecular complexity index is 507. The summed E-state index contributed by atoms with van der Waals surface area (Å²) in [6.45, 7) is 2.56. The standard InChI is InChI=1S/C14H16N2O2/c1-3-10-5-4-6-11(7-10)16-13(17)14(2)9-18-8-12(14)15/h1,4-7,12H,8-9,15H2,2H3,(H,16,17). The predicted molar refractivity (Wildman–Crippen MR) is 69.9 cm³/mol. The first kappa shape index (κ1) is 12.6. The Hall–Kier alpha value is -1.83. The molecular weight excluding hydrogens is 228 g/mol. The van der Waals surface area contributed by atoms with Crippen LogP contribution in [0, 0.1) is 17.8 Å². The Morgan fingerprint density at radius 2 is 2.44 bits per heavy atom. The van der Waals surface area contributed by atoms with E-state index in [4.69, 9.17) is 16.9 Å². The fourth-order valence-electron chi connectivity index (χ4n) is 1.88. The number of terminal acetylenes is 1. The van der Waals surface area contributed by atoms with Gasteiger partial charge in [-0.3, -0.25) is 4.79 Å². The molecule has 1 aliphatic heterocycles. The second-order valence-electron chi connectivity index (χ2n) is 4.72. The summed E-state index contributed by atoms with van der Waals surface area (Å²) in [5.41, 5.74) is 6.62. The largest absolute Gasteiger partial charge is 0.379 e. The van der Waals surface area contributed by atoms with Crippen LogP contribution in [0.5, 0.6) is 0 Å². The Labute approximate surface area is 107 Å². The fourth-order valence-corrected chi connectivity index (χ4v) is 1.88. The summed E-state index contributed by atoms with van der Waals surface area (Å²) in [6.07, 6.45) is 5.32. The highest BCUT2D eigenvalue weighted by molar-refractivity contribution is 5.96. The number of nitrogens with one attached hydrogen (secondary N) is 1. The van der Waals surface area contributed by atoms with Crippen molar-refractivity contribution in [1.29, 1.82) is 0 Å². The van der Waals surface area contributed by atoms with Gasteiger partial charge in [0.15, 0.2) is 0 Å². The maximum Gasteiger partial charge on any atom is 0.234 e. The zero-order valence-corrected chi connectivity index (χ0v) is 10.3. The van der Waals surface area contributed by atoms with E-state index in [0.29, 0.717) is 18.9 Å². The van der Waals surface area contributed by atoms with Crippen LogP contribution in [0.15, 0.2) is 24.3 Å². The fraction of sp³-hybridized carbons (Fsp3) is 0.357. The van der Waals surface area contributed by atoms with Crippen LogP contribution < -0.4 is 11.1 Å². The third-order valence-electron chi connectivity index (χ3n) is 3.32. The van der Waals surface area contributed by atoms with Gasteiger partial charge in [-0.2, -0.15) is 0 Å². The van der Waals surface area contributed by atoms with Gasteiger partial charge in [-0.25, -0.2) is 0 Å². The molecule has 1 aromatic rings. The predicted octanol–water partition coefficient (Wildman–Crippen LogP) is 0.970. The zero-order chi connectivity index (χ0) is 13.2. The Balaban J connectivity index is 2.14. The van der Waals surface area contributed by atoms with E-state index >= 15 is 0 Å². The summed E-state index contributed by atoms with van der Waals surface area (Å²) < 4.78 is 5.26. The van der Waals surface area contributed by atoms with Crippen LogP contribution >= 0.6 is 0 Å². The molecule has 1 heterocycles. The molecule has 0 spiro atoms. The molecule has 2 rings (SSSR count). The van der Waals surface area contributed by atoms with E-state index < -0.39 is 5.41 Å². The van der Waals surface area contributed by atoms with Crippen molar-refractivity contribution >= 4 is 11.6 Å². The quantitative estimate of drug-likeness (QED) is 0.762. The molecule has 1 amide bonds. The highest BCUT2D eigenvalue weighted by Crippen LogP contribution is 2.28. The van der Waals surface area contributed by atoms with E-state index in [9.17, 15) is 4.79 Å².